The lowest BCUT2D eigenvalue weighted by atomic mass is 10.1. The van der Waals surface area contributed by atoms with Gasteiger partial charge in [-0.25, -0.2) is 4.63 Å². The van der Waals surface area contributed by atoms with Crippen LogP contribution in [-0.2, 0) is 6.54 Å². The molecule has 0 atom stereocenters. The van der Waals surface area contributed by atoms with Crippen molar-refractivity contribution >= 4 is 28.5 Å². The fraction of sp³-hybridized carbons (Fsp3) is 0.389. The first kappa shape index (κ1) is 17.1. The third kappa shape index (κ3) is 3.08. The summed E-state index contributed by atoms with van der Waals surface area (Å²) in [6.07, 6.45) is 0. The Morgan fingerprint density at radius 1 is 1.19 bits per heavy atom. The lowest BCUT2D eigenvalue weighted by Crippen LogP contribution is -2.48. The molecule has 0 spiro atoms. The van der Waals surface area contributed by atoms with Crippen molar-refractivity contribution in [1.29, 1.82) is 0 Å². The van der Waals surface area contributed by atoms with E-state index in [4.69, 9.17) is 20.6 Å². The van der Waals surface area contributed by atoms with Crippen LogP contribution in [0.2, 0.25) is 5.02 Å². The molecular formula is C18H19ClN4O3. The molecule has 3 heterocycles. The van der Waals surface area contributed by atoms with Gasteiger partial charge in [0.1, 0.15) is 17.0 Å². The number of rotatable bonds is 3. The van der Waals surface area contributed by atoms with Crippen molar-refractivity contribution in [3.05, 3.63) is 45.9 Å². The molecule has 0 aliphatic carbocycles. The number of benzene rings is 1. The van der Waals surface area contributed by atoms with Crippen molar-refractivity contribution in [2.24, 2.45) is 0 Å². The van der Waals surface area contributed by atoms with Gasteiger partial charge in [-0.05, 0) is 32.0 Å². The minimum absolute atomic E-state index is 0.0752. The Morgan fingerprint density at radius 2 is 1.96 bits per heavy atom. The average molecular weight is 375 g/mol. The van der Waals surface area contributed by atoms with Gasteiger partial charge < -0.3 is 9.32 Å². The second kappa shape index (κ2) is 6.74. The summed E-state index contributed by atoms with van der Waals surface area (Å²) >= 11 is 6.05. The van der Waals surface area contributed by atoms with E-state index in [1.165, 1.54) is 0 Å². The maximum absolute atomic E-state index is 12.9. The number of hydrogen-bond donors (Lipinski definition) is 0. The maximum atomic E-state index is 12.9. The molecule has 1 aliphatic heterocycles. The van der Waals surface area contributed by atoms with Crippen LogP contribution in [0.4, 0.5) is 0 Å². The quantitative estimate of drug-likeness (QED) is 0.701. The number of nitrogens with zero attached hydrogens (tertiary/aromatic N) is 4. The van der Waals surface area contributed by atoms with Gasteiger partial charge in [0.15, 0.2) is 5.76 Å². The molecule has 0 saturated carbocycles. The molecule has 136 valence electrons. The smallest absolute Gasteiger partial charge is 0.289 e. The lowest BCUT2D eigenvalue weighted by molar-refractivity contribution is 0.0596. The van der Waals surface area contributed by atoms with Gasteiger partial charge >= 0.3 is 0 Å². The Bertz CT molecular complexity index is 957. The van der Waals surface area contributed by atoms with Crippen molar-refractivity contribution < 1.29 is 13.8 Å². The predicted molar refractivity (Wildman–Crippen MR) is 96.2 cm³/mol. The van der Waals surface area contributed by atoms with Gasteiger partial charge in [0.2, 0.25) is 0 Å². The number of fused-ring (bicyclic) bond motifs is 1. The summed E-state index contributed by atoms with van der Waals surface area (Å²) in [6.45, 7) is 7.26. The molecule has 0 bridgehead atoms. The summed E-state index contributed by atoms with van der Waals surface area (Å²) in [6, 6.07) is 5.40. The third-order valence-corrected chi connectivity index (χ3v) is 5.11. The molecule has 7 nitrogen and oxygen atoms in total. The van der Waals surface area contributed by atoms with E-state index in [9.17, 15) is 4.79 Å². The highest BCUT2D eigenvalue weighted by Crippen LogP contribution is 2.29. The van der Waals surface area contributed by atoms with Crippen LogP contribution < -0.4 is 0 Å². The molecule has 0 N–H and O–H groups in total. The predicted octanol–water partition coefficient (Wildman–Crippen LogP) is 3.04. The maximum Gasteiger partial charge on any atom is 0.289 e. The van der Waals surface area contributed by atoms with Crippen molar-refractivity contribution in [2.45, 2.75) is 20.4 Å². The van der Waals surface area contributed by atoms with Crippen LogP contribution in [0.3, 0.4) is 0 Å². The van der Waals surface area contributed by atoms with Gasteiger partial charge in [0.05, 0.1) is 0 Å². The first-order valence-electron chi connectivity index (χ1n) is 8.51. The van der Waals surface area contributed by atoms with E-state index in [-0.39, 0.29) is 5.91 Å². The standard InChI is InChI=1S/C18H19ClN4O3/c1-11-14-9-13(19)3-4-16(14)25-17(11)18(24)23-7-5-22(6-8-23)10-15-12(2)20-26-21-15/h3-4,9H,5-8,10H2,1-2H3. The molecule has 1 fully saturated rings. The van der Waals surface area contributed by atoms with Gasteiger partial charge in [-0.1, -0.05) is 21.9 Å². The van der Waals surface area contributed by atoms with Gasteiger partial charge in [-0.2, -0.15) is 0 Å². The molecule has 1 aliphatic rings. The monoisotopic (exact) mass is 374 g/mol. The van der Waals surface area contributed by atoms with Gasteiger partial charge in [-0.3, -0.25) is 9.69 Å². The third-order valence-electron chi connectivity index (χ3n) is 4.87. The summed E-state index contributed by atoms with van der Waals surface area (Å²) in [5.41, 5.74) is 3.16. The van der Waals surface area contributed by atoms with Gasteiger partial charge in [-0.15, -0.1) is 0 Å². The lowest BCUT2D eigenvalue weighted by Gasteiger charge is -2.33. The van der Waals surface area contributed by atoms with Crippen LogP contribution in [0.25, 0.3) is 11.0 Å². The zero-order valence-corrected chi connectivity index (χ0v) is 15.4. The molecule has 1 aromatic carbocycles. The number of amides is 1. The summed E-state index contributed by atoms with van der Waals surface area (Å²) < 4.78 is 10.5. The fourth-order valence-electron chi connectivity index (χ4n) is 3.25. The number of furan rings is 1. The van der Waals surface area contributed by atoms with Crippen LogP contribution in [-0.4, -0.2) is 52.2 Å². The molecule has 1 amide bonds. The SMILES string of the molecule is Cc1nonc1CN1CCN(C(=O)c2oc3ccc(Cl)cc3c2C)CC1. The highest BCUT2D eigenvalue weighted by Gasteiger charge is 2.27. The Kier molecular flexibility index (Phi) is 4.42. The van der Waals surface area contributed by atoms with Gasteiger partial charge in [0.25, 0.3) is 5.91 Å². The summed E-state index contributed by atoms with van der Waals surface area (Å²) in [5, 5.41) is 9.24. The van der Waals surface area contributed by atoms with E-state index >= 15 is 0 Å². The Labute approximate surface area is 155 Å². The van der Waals surface area contributed by atoms with Crippen molar-refractivity contribution in [3.8, 4) is 0 Å². The van der Waals surface area contributed by atoms with Gasteiger partial charge in [0, 0.05) is 48.7 Å². The zero-order chi connectivity index (χ0) is 18.3. The summed E-state index contributed by atoms with van der Waals surface area (Å²) in [7, 11) is 0. The van der Waals surface area contributed by atoms with Crippen LogP contribution >= 0.6 is 11.6 Å². The molecule has 3 aromatic rings. The summed E-state index contributed by atoms with van der Waals surface area (Å²) in [4.78, 5) is 17.0. The molecule has 8 heteroatoms. The fourth-order valence-corrected chi connectivity index (χ4v) is 3.43. The first-order valence-corrected chi connectivity index (χ1v) is 8.89. The van der Waals surface area contributed by atoms with E-state index in [0.717, 1.165) is 35.4 Å². The Morgan fingerprint density at radius 3 is 2.65 bits per heavy atom. The van der Waals surface area contributed by atoms with Crippen molar-refractivity contribution in [2.75, 3.05) is 26.2 Å². The Balaban J connectivity index is 1.45. The van der Waals surface area contributed by atoms with E-state index in [1.807, 2.05) is 24.8 Å². The highest BCUT2D eigenvalue weighted by molar-refractivity contribution is 6.31. The van der Waals surface area contributed by atoms with E-state index in [0.29, 0.717) is 36.0 Å². The van der Waals surface area contributed by atoms with Crippen LogP contribution in [0.1, 0.15) is 27.5 Å². The van der Waals surface area contributed by atoms with Crippen LogP contribution in [0.15, 0.2) is 27.2 Å². The largest absolute Gasteiger partial charge is 0.451 e. The number of hydrogen-bond acceptors (Lipinski definition) is 6. The van der Waals surface area contributed by atoms with Crippen LogP contribution in [0, 0.1) is 13.8 Å². The molecular weight excluding hydrogens is 356 g/mol. The van der Waals surface area contributed by atoms with E-state index in [1.54, 1.807) is 12.1 Å². The van der Waals surface area contributed by atoms with E-state index < -0.39 is 0 Å². The topological polar surface area (TPSA) is 75.6 Å². The van der Waals surface area contributed by atoms with Crippen LogP contribution in [0.5, 0.6) is 0 Å². The number of halogens is 1. The summed E-state index contributed by atoms with van der Waals surface area (Å²) in [5.74, 6) is 0.320. The minimum Gasteiger partial charge on any atom is -0.451 e. The number of carbonyl (C=O) groups excluding carboxylic acids is 1. The second-order valence-corrected chi connectivity index (χ2v) is 7.00. The molecule has 26 heavy (non-hydrogen) atoms. The highest BCUT2D eigenvalue weighted by atomic mass is 35.5. The average Bonchev–Trinajstić information content (AvgIpc) is 3.19. The van der Waals surface area contributed by atoms with E-state index in [2.05, 4.69) is 15.2 Å². The van der Waals surface area contributed by atoms with Crippen molar-refractivity contribution in [1.82, 2.24) is 20.1 Å². The first-order chi connectivity index (χ1) is 12.5. The number of aryl methyl sites for hydroxylation is 2. The molecule has 0 unspecified atom stereocenters. The number of aromatic nitrogens is 2. The number of carbonyl (C=O) groups is 1. The zero-order valence-electron chi connectivity index (χ0n) is 14.7. The molecule has 1 saturated heterocycles. The normalized spacial score (nSPS) is 15.7. The minimum atomic E-state index is -0.0752. The van der Waals surface area contributed by atoms with Crippen molar-refractivity contribution in [3.63, 3.8) is 0 Å². The molecule has 0 radical (unpaired) electrons. The second-order valence-electron chi connectivity index (χ2n) is 6.56. The number of piperazine rings is 1. The Hall–Kier alpha value is -2.38. The molecule has 4 rings (SSSR count). The molecule has 2 aromatic heterocycles.